The van der Waals surface area contributed by atoms with Crippen molar-refractivity contribution in [1.29, 1.82) is 0 Å². The van der Waals surface area contributed by atoms with Gasteiger partial charge in [0.25, 0.3) is 0 Å². The van der Waals surface area contributed by atoms with Crippen molar-refractivity contribution in [2.45, 2.75) is 118 Å². The van der Waals surface area contributed by atoms with Gasteiger partial charge < -0.3 is 37.9 Å². The van der Waals surface area contributed by atoms with Crippen LogP contribution in [-0.4, -0.2) is 119 Å². The Balaban J connectivity index is 0.000000557. The molecule has 2 saturated heterocycles. The van der Waals surface area contributed by atoms with E-state index in [1.807, 2.05) is 36.4 Å². The third-order valence-electron chi connectivity index (χ3n) is 9.38. The van der Waals surface area contributed by atoms with Gasteiger partial charge in [0, 0.05) is 42.7 Å². The minimum atomic E-state index is -1.01. The van der Waals surface area contributed by atoms with E-state index < -0.39 is 20.0 Å². The normalized spacial score (nSPS) is 17.0. The van der Waals surface area contributed by atoms with Crippen LogP contribution < -0.4 is 0 Å². The number of aromatic nitrogens is 2. The van der Waals surface area contributed by atoms with Crippen LogP contribution in [0.5, 0.6) is 0 Å². The molecule has 0 aliphatic carbocycles. The number of halogens is 2. The number of alkyl halides is 2. The first-order valence-corrected chi connectivity index (χ1v) is 53.0. The van der Waals surface area contributed by atoms with Crippen molar-refractivity contribution in [3.8, 4) is 0 Å². The van der Waals surface area contributed by atoms with E-state index in [2.05, 4.69) is 111 Å². The van der Waals surface area contributed by atoms with Crippen molar-refractivity contribution >= 4 is 204 Å². The Morgan fingerprint density at radius 3 is 1.49 bits per heavy atom. The summed E-state index contributed by atoms with van der Waals surface area (Å²) in [6, 6.07) is 11.5. The molecular weight excluding hydrogens is 1440 g/mol. The molecule has 0 aromatic carbocycles. The maximum absolute atomic E-state index is 12.6. The van der Waals surface area contributed by atoms with E-state index in [-0.39, 0.29) is 98.3 Å². The van der Waals surface area contributed by atoms with Crippen molar-refractivity contribution in [2.24, 2.45) is 5.41 Å². The first-order valence-electron chi connectivity index (χ1n) is 23.9. The van der Waals surface area contributed by atoms with Gasteiger partial charge in [-0.25, -0.2) is 14.8 Å². The van der Waals surface area contributed by atoms with E-state index in [1.165, 1.54) is 10.8 Å². The van der Waals surface area contributed by atoms with Gasteiger partial charge in [0.05, 0.1) is 18.6 Å². The predicted octanol–water partition coefficient (Wildman–Crippen LogP) is 17.4. The monoisotopic (exact) mass is 1520 g/mol. The van der Waals surface area contributed by atoms with Crippen LogP contribution in [0.15, 0.2) is 71.0 Å². The van der Waals surface area contributed by atoms with Gasteiger partial charge in [0.1, 0.15) is 45.1 Å². The van der Waals surface area contributed by atoms with Gasteiger partial charge in [0.2, 0.25) is 0 Å². The summed E-state index contributed by atoms with van der Waals surface area (Å²) in [5.41, 5.74) is -0.452. The van der Waals surface area contributed by atoms with Crippen LogP contribution in [0.1, 0.15) is 86.5 Å². The van der Waals surface area contributed by atoms with Gasteiger partial charge in [-0.1, -0.05) is 80.1 Å². The molecule has 77 heavy (non-hydrogen) atoms. The predicted molar refractivity (Wildman–Crippen MR) is 372 cm³/mol. The molecular formula is C44H79Br2N2O12P13S4. The van der Waals surface area contributed by atoms with Gasteiger partial charge in [-0.15, -0.1) is 62.5 Å². The molecule has 33 heteroatoms. The van der Waals surface area contributed by atoms with Crippen LogP contribution >= 0.6 is 180 Å². The van der Waals surface area contributed by atoms with E-state index >= 15 is 0 Å². The second-order valence-corrected chi connectivity index (χ2v) is 73.5. The fourth-order valence-corrected chi connectivity index (χ4v) is 137. The number of carbonyl (C=O) groups excluding carboxylic acids is 4. The minimum Gasteiger partial charge on any atom is -0.464 e. The van der Waals surface area contributed by atoms with Crippen molar-refractivity contribution < 1.29 is 57.1 Å². The highest BCUT2D eigenvalue weighted by Crippen LogP contribution is 3.18. The highest BCUT2D eigenvalue weighted by Gasteiger charge is 2.42. The average molecular weight is 1520 g/mol. The molecule has 14 nitrogen and oxygen atoms in total. The molecule has 12 unspecified atom stereocenters. The van der Waals surface area contributed by atoms with E-state index in [4.69, 9.17) is 37.9 Å². The largest absolute Gasteiger partial charge is 0.464 e. The zero-order chi connectivity index (χ0) is 57.9. The first-order chi connectivity index (χ1) is 36.3. The molecule has 0 saturated carbocycles. The Labute approximate surface area is 515 Å². The lowest BCUT2D eigenvalue weighted by atomic mass is 9.83. The van der Waals surface area contributed by atoms with Crippen LogP contribution in [0.3, 0.4) is 0 Å². The number of pyridine rings is 2. The molecule has 2 aliphatic heterocycles. The van der Waals surface area contributed by atoms with Crippen molar-refractivity contribution in [3.05, 3.63) is 60.9 Å². The molecule has 2 aromatic heterocycles. The Morgan fingerprint density at radius 1 is 0.675 bits per heavy atom. The number of nitrogens with zero attached hydrogens (tertiary/aromatic N) is 2. The van der Waals surface area contributed by atoms with Crippen molar-refractivity contribution in [2.75, 3.05) is 64.4 Å². The maximum Gasteiger partial charge on any atom is 0.333 e. The summed E-state index contributed by atoms with van der Waals surface area (Å²) in [7, 11) is 28.5. The Morgan fingerprint density at radius 2 is 1.13 bits per heavy atom. The van der Waals surface area contributed by atoms with Gasteiger partial charge in [-0.2, -0.15) is 0 Å². The fraction of sp³-hybridized carbons (Fsp3) is 0.636. The zero-order valence-corrected chi connectivity index (χ0v) is 64.5. The second-order valence-electron chi connectivity index (χ2n) is 17.4. The highest BCUT2D eigenvalue weighted by molar-refractivity contribution is 9.24. The topological polar surface area (TPSA) is 168 Å². The molecule has 2 fully saturated rings. The number of hydrogen-bond donors (Lipinski definition) is 0. The van der Waals surface area contributed by atoms with Crippen LogP contribution in [0, 0.1) is 5.41 Å². The Hall–Kier alpha value is 3.71. The van der Waals surface area contributed by atoms with Crippen molar-refractivity contribution in [1.82, 2.24) is 9.97 Å². The lowest BCUT2D eigenvalue weighted by Gasteiger charge is -2.34. The molecule has 12 atom stereocenters. The van der Waals surface area contributed by atoms with Crippen LogP contribution in [0.4, 0.5) is 0 Å². The third-order valence-corrected chi connectivity index (χ3v) is 88.1. The molecule has 2 aliphatic rings. The van der Waals surface area contributed by atoms with Crippen LogP contribution in [-0.2, 0) is 57.1 Å². The van der Waals surface area contributed by atoms with Crippen molar-refractivity contribution in [3.63, 3.8) is 0 Å². The van der Waals surface area contributed by atoms with Gasteiger partial charge >= 0.3 is 23.9 Å². The molecule has 4 heterocycles. The van der Waals surface area contributed by atoms with E-state index in [0.717, 1.165) is 68.9 Å². The quantitative estimate of drug-likeness (QED) is 0.0143. The molecule has 2 aromatic rings. The molecule has 0 amide bonds. The number of rotatable bonds is 29. The van der Waals surface area contributed by atoms with E-state index in [9.17, 15) is 19.2 Å². The second kappa shape index (κ2) is 45.9. The number of hydrogen-bond acceptors (Lipinski definition) is 18. The molecule has 0 radical (unpaired) electrons. The summed E-state index contributed by atoms with van der Waals surface area (Å²) in [5, 5.41) is 1.87. The summed E-state index contributed by atoms with van der Waals surface area (Å²) < 4.78 is 40.9. The molecule has 0 N–H and O–H groups in total. The molecule has 0 bridgehead atoms. The number of carbonyl (C=O) groups is 4. The number of ether oxygens (including phenoxy) is 8. The summed E-state index contributed by atoms with van der Waals surface area (Å²) in [5.74, 6) is -0.00702. The fourth-order valence-electron chi connectivity index (χ4n) is 5.79. The van der Waals surface area contributed by atoms with Crippen LogP contribution in [0.2, 0.25) is 0 Å². The lowest BCUT2D eigenvalue weighted by molar-refractivity contribution is -0.174. The average Bonchev–Trinajstić information content (AvgIpc) is 3.38. The third kappa shape index (κ3) is 38.6. The SMILES string of the molecule is C=C(C)C(=O)OCCOC1CCCCO1.CC(C)(Br)C(=O)OCCSSc1ccccn1.CC(C)(CC(C)(Br)C(=O)OCCOC1CCCCO1)C(=O)OCCSSc1ccccn1.PPP(P(P)P)P(P(P)P)P(P)P. The number of esters is 4. The minimum absolute atomic E-state index is 0.116. The summed E-state index contributed by atoms with van der Waals surface area (Å²) in [6.07, 6.45) is 9.56. The van der Waals surface area contributed by atoms with E-state index in [0.29, 0.717) is 31.1 Å². The smallest absolute Gasteiger partial charge is 0.333 e. The lowest BCUT2D eigenvalue weighted by Crippen LogP contribution is -2.40. The van der Waals surface area contributed by atoms with E-state index in [1.54, 1.807) is 86.3 Å². The molecule has 4 rings (SSSR count). The Bertz CT molecular complexity index is 1950. The van der Waals surface area contributed by atoms with Gasteiger partial charge in [-0.05, 0) is 167 Å². The maximum atomic E-state index is 12.6. The molecule has 440 valence electrons. The zero-order valence-electron chi connectivity index (χ0n) is 44.5. The summed E-state index contributed by atoms with van der Waals surface area (Å²) >= 11 is 6.69. The molecule has 0 spiro atoms. The standard InChI is InChI=1S/C22H32BrNO6S2.C11H14BrNO2S2.C11H18O4.H15P13/c1-21(2,19(25)30-14-15-31-32-17-8-4-6-10-24-17)16-22(3,23)20(26)29-13-12-28-18-9-5-7-11-27-18;1-11(2,12)10(14)15-7-8-16-17-9-5-3-4-6-13-9;1-9(2)11(12)15-8-7-14-10-5-3-4-6-13-10;1-8-12(9(2)3)13(10(4)5)11(6)7/h4,6,8,10,18H,5,7,9,11-16H2,1-3H3;3-6H,7-8H2,1-2H3;10H,1,3-8H2,2H3;8H,1-7H2. The van der Waals surface area contributed by atoms with Crippen LogP contribution in [0.25, 0.3) is 0 Å². The van der Waals surface area contributed by atoms with Gasteiger partial charge in [-0.3, -0.25) is 14.4 Å². The summed E-state index contributed by atoms with van der Waals surface area (Å²) in [6.45, 7) is 18.0. The highest BCUT2D eigenvalue weighted by atomic mass is 79.9. The Kier molecular flexibility index (Phi) is 46.9. The summed E-state index contributed by atoms with van der Waals surface area (Å²) in [4.78, 5) is 55.9. The van der Waals surface area contributed by atoms with Gasteiger partial charge in [0.15, 0.2) is 12.6 Å². The first kappa shape index (κ1) is 78.7.